The summed E-state index contributed by atoms with van der Waals surface area (Å²) in [4.78, 5) is 13.6. The van der Waals surface area contributed by atoms with Gasteiger partial charge < -0.3 is 10.2 Å². The standard InChI is InChI=1S/C11H21N3O/c1-5-14(6-2)11(15)10(4)13-8-9(3)7-12/h9-10,13H,5-6,8H2,1-4H3. The molecule has 0 rings (SSSR count). The Labute approximate surface area is 92.3 Å². The topological polar surface area (TPSA) is 56.1 Å². The third-order valence-electron chi connectivity index (χ3n) is 2.40. The molecule has 0 heterocycles. The highest BCUT2D eigenvalue weighted by atomic mass is 16.2. The summed E-state index contributed by atoms with van der Waals surface area (Å²) >= 11 is 0. The lowest BCUT2D eigenvalue weighted by molar-refractivity contribution is -0.132. The van der Waals surface area contributed by atoms with Crippen molar-refractivity contribution in [3.8, 4) is 6.07 Å². The van der Waals surface area contributed by atoms with Gasteiger partial charge in [-0.1, -0.05) is 0 Å². The minimum Gasteiger partial charge on any atom is -0.342 e. The Morgan fingerprint density at radius 3 is 2.33 bits per heavy atom. The lowest BCUT2D eigenvalue weighted by atomic mass is 10.2. The number of nitrogens with zero attached hydrogens (tertiary/aromatic N) is 2. The van der Waals surface area contributed by atoms with Crippen LogP contribution in [0.5, 0.6) is 0 Å². The van der Waals surface area contributed by atoms with E-state index in [0.717, 1.165) is 13.1 Å². The molecule has 0 aromatic rings. The molecule has 0 aromatic heterocycles. The quantitative estimate of drug-likeness (QED) is 0.713. The van der Waals surface area contributed by atoms with Crippen LogP contribution in [0.1, 0.15) is 27.7 Å². The van der Waals surface area contributed by atoms with E-state index in [1.54, 1.807) is 4.90 Å². The van der Waals surface area contributed by atoms with Crippen LogP contribution < -0.4 is 5.32 Å². The SMILES string of the molecule is CCN(CC)C(=O)C(C)NCC(C)C#N. The molecule has 0 saturated carbocycles. The summed E-state index contributed by atoms with van der Waals surface area (Å²) in [6.45, 7) is 9.62. The smallest absolute Gasteiger partial charge is 0.239 e. The van der Waals surface area contributed by atoms with Crippen LogP contribution in [0.15, 0.2) is 0 Å². The Hall–Kier alpha value is -1.08. The molecule has 0 saturated heterocycles. The minimum atomic E-state index is -0.208. The molecule has 4 heteroatoms. The maximum atomic E-state index is 11.8. The number of carbonyl (C=O) groups is 1. The minimum absolute atomic E-state index is 0.0584. The van der Waals surface area contributed by atoms with Gasteiger partial charge in [0.2, 0.25) is 5.91 Å². The first-order valence-electron chi connectivity index (χ1n) is 5.48. The Morgan fingerprint density at radius 1 is 1.40 bits per heavy atom. The maximum Gasteiger partial charge on any atom is 0.239 e. The predicted molar refractivity (Wildman–Crippen MR) is 60.2 cm³/mol. The molecule has 15 heavy (non-hydrogen) atoms. The molecular weight excluding hydrogens is 190 g/mol. The molecule has 86 valence electrons. The summed E-state index contributed by atoms with van der Waals surface area (Å²) in [6.07, 6.45) is 0. The number of amides is 1. The molecule has 1 N–H and O–H groups in total. The Bertz CT molecular complexity index is 230. The lowest BCUT2D eigenvalue weighted by Crippen LogP contribution is -2.45. The van der Waals surface area contributed by atoms with Gasteiger partial charge in [0.1, 0.15) is 0 Å². The van der Waals surface area contributed by atoms with Crippen molar-refractivity contribution in [3.05, 3.63) is 0 Å². The van der Waals surface area contributed by atoms with Crippen LogP contribution in [0.25, 0.3) is 0 Å². The van der Waals surface area contributed by atoms with Crippen LogP contribution in [-0.4, -0.2) is 36.5 Å². The molecule has 0 aliphatic carbocycles. The fourth-order valence-electron chi connectivity index (χ4n) is 1.30. The van der Waals surface area contributed by atoms with Crippen molar-refractivity contribution >= 4 is 5.91 Å². The van der Waals surface area contributed by atoms with Crippen LogP contribution in [0.4, 0.5) is 0 Å². The first kappa shape index (κ1) is 13.9. The molecule has 0 spiro atoms. The van der Waals surface area contributed by atoms with Gasteiger partial charge in [0.05, 0.1) is 18.0 Å². The van der Waals surface area contributed by atoms with Gasteiger partial charge in [0.15, 0.2) is 0 Å². The van der Waals surface area contributed by atoms with E-state index in [1.807, 2.05) is 27.7 Å². The summed E-state index contributed by atoms with van der Waals surface area (Å²) < 4.78 is 0. The van der Waals surface area contributed by atoms with Gasteiger partial charge in [0.25, 0.3) is 0 Å². The number of hydrogen-bond donors (Lipinski definition) is 1. The number of nitriles is 1. The zero-order valence-electron chi connectivity index (χ0n) is 10.1. The van der Waals surface area contributed by atoms with E-state index < -0.39 is 0 Å². The fourth-order valence-corrected chi connectivity index (χ4v) is 1.30. The maximum absolute atomic E-state index is 11.8. The molecule has 4 nitrogen and oxygen atoms in total. The second-order valence-corrected chi connectivity index (χ2v) is 3.67. The zero-order chi connectivity index (χ0) is 11.8. The normalized spacial score (nSPS) is 14.1. The molecule has 2 unspecified atom stereocenters. The van der Waals surface area contributed by atoms with Gasteiger partial charge in [-0.05, 0) is 27.7 Å². The van der Waals surface area contributed by atoms with Crippen molar-refractivity contribution in [3.63, 3.8) is 0 Å². The van der Waals surface area contributed by atoms with Gasteiger partial charge in [-0.2, -0.15) is 5.26 Å². The first-order chi connectivity index (χ1) is 7.06. The zero-order valence-corrected chi connectivity index (χ0v) is 10.1. The highest BCUT2D eigenvalue weighted by Crippen LogP contribution is 1.96. The van der Waals surface area contributed by atoms with Crippen molar-refractivity contribution < 1.29 is 4.79 Å². The predicted octanol–water partition coefficient (Wildman–Crippen LogP) is 0.993. The molecule has 0 aliphatic rings. The van der Waals surface area contributed by atoms with E-state index in [4.69, 9.17) is 5.26 Å². The summed E-state index contributed by atoms with van der Waals surface area (Å²) in [5.74, 6) is 0.0436. The van der Waals surface area contributed by atoms with Crippen LogP contribution >= 0.6 is 0 Å². The van der Waals surface area contributed by atoms with Crippen molar-refractivity contribution in [2.75, 3.05) is 19.6 Å². The van der Waals surface area contributed by atoms with E-state index in [9.17, 15) is 4.79 Å². The van der Waals surface area contributed by atoms with E-state index in [-0.39, 0.29) is 17.9 Å². The van der Waals surface area contributed by atoms with Crippen molar-refractivity contribution in [2.45, 2.75) is 33.7 Å². The largest absolute Gasteiger partial charge is 0.342 e. The average molecular weight is 211 g/mol. The molecule has 2 atom stereocenters. The van der Waals surface area contributed by atoms with Gasteiger partial charge in [-0.15, -0.1) is 0 Å². The Balaban J connectivity index is 4.04. The monoisotopic (exact) mass is 211 g/mol. The van der Waals surface area contributed by atoms with E-state index >= 15 is 0 Å². The van der Waals surface area contributed by atoms with Crippen LogP contribution in [-0.2, 0) is 4.79 Å². The van der Waals surface area contributed by atoms with Gasteiger partial charge >= 0.3 is 0 Å². The first-order valence-corrected chi connectivity index (χ1v) is 5.48. The van der Waals surface area contributed by atoms with Crippen molar-refractivity contribution in [1.29, 1.82) is 5.26 Å². The fraction of sp³-hybridized carbons (Fsp3) is 0.818. The third kappa shape index (κ3) is 4.80. The number of rotatable bonds is 6. The average Bonchev–Trinajstić information content (AvgIpc) is 2.26. The highest BCUT2D eigenvalue weighted by Gasteiger charge is 2.17. The molecule has 0 radical (unpaired) electrons. The summed E-state index contributed by atoms with van der Waals surface area (Å²) in [5, 5.41) is 11.7. The Morgan fingerprint density at radius 2 is 1.93 bits per heavy atom. The molecule has 0 aromatic carbocycles. The number of nitrogens with one attached hydrogen (secondary N) is 1. The third-order valence-corrected chi connectivity index (χ3v) is 2.40. The van der Waals surface area contributed by atoms with E-state index in [1.165, 1.54) is 0 Å². The lowest BCUT2D eigenvalue weighted by Gasteiger charge is -2.23. The number of hydrogen-bond acceptors (Lipinski definition) is 3. The van der Waals surface area contributed by atoms with E-state index in [2.05, 4.69) is 11.4 Å². The van der Waals surface area contributed by atoms with Crippen LogP contribution in [0.3, 0.4) is 0 Å². The molecule has 0 fully saturated rings. The van der Waals surface area contributed by atoms with Gasteiger partial charge in [-0.25, -0.2) is 0 Å². The summed E-state index contributed by atoms with van der Waals surface area (Å²) in [7, 11) is 0. The highest BCUT2D eigenvalue weighted by molar-refractivity contribution is 5.81. The number of carbonyl (C=O) groups excluding carboxylic acids is 1. The van der Waals surface area contributed by atoms with Crippen molar-refractivity contribution in [2.24, 2.45) is 5.92 Å². The molecule has 0 aliphatic heterocycles. The van der Waals surface area contributed by atoms with Crippen LogP contribution in [0.2, 0.25) is 0 Å². The van der Waals surface area contributed by atoms with Crippen LogP contribution in [0, 0.1) is 17.2 Å². The molecule has 1 amide bonds. The van der Waals surface area contributed by atoms with Crippen molar-refractivity contribution in [1.82, 2.24) is 10.2 Å². The summed E-state index contributed by atoms with van der Waals surface area (Å²) in [6, 6.07) is 1.92. The van der Waals surface area contributed by atoms with E-state index in [0.29, 0.717) is 6.54 Å². The second kappa shape index (κ2) is 7.24. The van der Waals surface area contributed by atoms with Gasteiger partial charge in [-0.3, -0.25) is 4.79 Å². The second-order valence-electron chi connectivity index (χ2n) is 3.67. The molecular formula is C11H21N3O. The molecule has 0 bridgehead atoms. The Kier molecular flexibility index (Phi) is 6.72. The summed E-state index contributed by atoms with van der Waals surface area (Å²) in [5.41, 5.74) is 0. The number of likely N-dealkylation sites (N-methyl/N-ethyl adjacent to an activating group) is 1. The van der Waals surface area contributed by atoms with Gasteiger partial charge in [0, 0.05) is 19.6 Å².